The standard InChI is InChI=1S/C15H26N2O2/c1-5-9-17-10-7-8-13(17)15(19)16-12(6-2)14(18)11(3)4/h1,11-14,18H,6-10H2,2-4H3,(H,16,19)/t12?,13-,14?/m0/s1. The number of hydrogen-bond donors (Lipinski definition) is 2. The Labute approximate surface area is 116 Å². The molecule has 0 aromatic rings. The highest BCUT2D eigenvalue weighted by molar-refractivity contribution is 5.82. The minimum absolute atomic E-state index is 0.000648. The monoisotopic (exact) mass is 266 g/mol. The summed E-state index contributed by atoms with van der Waals surface area (Å²) in [5.41, 5.74) is 0. The number of aliphatic hydroxyl groups excluding tert-OH is 1. The van der Waals surface area contributed by atoms with E-state index in [2.05, 4.69) is 11.2 Å². The number of carbonyl (C=O) groups excluding carboxylic acids is 1. The normalized spacial score (nSPS) is 23.1. The quantitative estimate of drug-likeness (QED) is 0.705. The Balaban J connectivity index is 2.60. The lowest BCUT2D eigenvalue weighted by molar-refractivity contribution is -0.127. The molecule has 0 aromatic carbocycles. The molecule has 0 radical (unpaired) electrons. The van der Waals surface area contributed by atoms with Crippen LogP contribution in [-0.2, 0) is 4.79 Å². The molecule has 0 saturated carbocycles. The summed E-state index contributed by atoms with van der Waals surface area (Å²) >= 11 is 0. The molecule has 4 heteroatoms. The van der Waals surface area contributed by atoms with Crippen molar-refractivity contribution < 1.29 is 9.90 Å². The van der Waals surface area contributed by atoms with E-state index in [9.17, 15) is 9.90 Å². The molecule has 0 aliphatic carbocycles. The van der Waals surface area contributed by atoms with E-state index in [1.54, 1.807) is 0 Å². The summed E-state index contributed by atoms with van der Waals surface area (Å²) in [4.78, 5) is 14.3. The van der Waals surface area contributed by atoms with Crippen LogP contribution in [0.5, 0.6) is 0 Å². The van der Waals surface area contributed by atoms with Crippen LogP contribution < -0.4 is 5.32 Å². The van der Waals surface area contributed by atoms with E-state index in [-0.39, 0.29) is 23.9 Å². The topological polar surface area (TPSA) is 52.6 Å². The van der Waals surface area contributed by atoms with Gasteiger partial charge in [0.2, 0.25) is 5.91 Å². The Bertz CT molecular complexity index is 336. The molecule has 1 rings (SSSR count). The van der Waals surface area contributed by atoms with Crippen molar-refractivity contribution in [2.45, 2.75) is 58.2 Å². The maximum absolute atomic E-state index is 12.3. The number of aliphatic hydroxyl groups is 1. The molecular formula is C15H26N2O2. The summed E-state index contributed by atoms with van der Waals surface area (Å²) in [5.74, 6) is 2.73. The van der Waals surface area contributed by atoms with Crippen molar-refractivity contribution in [3.8, 4) is 12.3 Å². The van der Waals surface area contributed by atoms with E-state index in [1.807, 2.05) is 25.7 Å². The van der Waals surface area contributed by atoms with Crippen LogP contribution in [0.15, 0.2) is 0 Å². The van der Waals surface area contributed by atoms with Crippen molar-refractivity contribution >= 4 is 5.91 Å². The van der Waals surface area contributed by atoms with Crippen LogP contribution in [-0.4, -0.2) is 47.2 Å². The van der Waals surface area contributed by atoms with E-state index in [0.29, 0.717) is 6.54 Å². The third-order valence-corrected chi connectivity index (χ3v) is 3.82. The van der Waals surface area contributed by atoms with E-state index < -0.39 is 6.10 Å². The molecule has 19 heavy (non-hydrogen) atoms. The summed E-state index contributed by atoms with van der Waals surface area (Å²) in [6.45, 7) is 7.29. The predicted octanol–water partition coefficient (Wildman–Crippen LogP) is 0.996. The highest BCUT2D eigenvalue weighted by Gasteiger charge is 2.32. The first-order valence-electron chi connectivity index (χ1n) is 7.17. The van der Waals surface area contributed by atoms with Crippen LogP contribution >= 0.6 is 0 Å². The van der Waals surface area contributed by atoms with Crippen molar-refractivity contribution in [1.82, 2.24) is 10.2 Å². The molecule has 0 spiro atoms. The zero-order chi connectivity index (χ0) is 14.4. The second kappa shape index (κ2) is 7.52. The van der Waals surface area contributed by atoms with Gasteiger partial charge >= 0.3 is 0 Å². The summed E-state index contributed by atoms with van der Waals surface area (Å²) in [7, 11) is 0. The molecule has 1 fully saturated rings. The van der Waals surface area contributed by atoms with Gasteiger partial charge in [0.05, 0.1) is 24.7 Å². The number of hydrogen-bond acceptors (Lipinski definition) is 3. The van der Waals surface area contributed by atoms with Crippen LogP contribution in [0.4, 0.5) is 0 Å². The number of carbonyl (C=O) groups is 1. The van der Waals surface area contributed by atoms with Crippen molar-refractivity contribution in [1.29, 1.82) is 0 Å². The van der Waals surface area contributed by atoms with Gasteiger partial charge in [-0.25, -0.2) is 0 Å². The van der Waals surface area contributed by atoms with Crippen molar-refractivity contribution in [3.05, 3.63) is 0 Å². The molecule has 1 aliphatic rings. The molecule has 0 aromatic heterocycles. The van der Waals surface area contributed by atoms with Gasteiger partial charge in [-0.3, -0.25) is 9.69 Å². The molecular weight excluding hydrogens is 240 g/mol. The number of nitrogens with one attached hydrogen (secondary N) is 1. The second-order valence-electron chi connectivity index (χ2n) is 5.59. The van der Waals surface area contributed by atoms with Crippen LogP contribution in [0.3, 0.4) is 0 Å². The first-order valence-corrected chi connectivity index (χ1v) is 7.17. The van der Waals surface area contributed by atoms with Gasteiger partial charge < -0.3 is 10.4 Å². The number of likely N-dealkylation sites (tertiary alicyclic amines) is 1. The van der Waals surface area contributed by atoms with Crippen LogP contribution in [0.2, 0.25) is 0 Å². The fourth-order valence-corrected chi connectivity index (χ4v) is 2.60. The van der Waals surface area contributed by atoms with Gasteiger partial charge in [0.1, 0.15) is 0 Å². The lowest BCUT2D eigenvalue weighted by atomic mass is 9.97. The first kappa shape index (κ1) is 16.0. The number of amides is 1. The Kier molecular flexibility index (Phi) is 6.33. The van der Waals surface area contributed by atoms with E-state index in [4.69, 9.17) is 6.42 Å². The Hall–Kier alpha value is -1.05. The highest BCUT2D eigenvalue weighted by atomic mass is 16.3. The van der Waals surface area contributed by atoms with E-state index in [1.165, 1.54) is 0 Å². The largest absolute Gasteiger partial charge is 0.391 e. The maximum Gasteiger partial charge on any atom is 0.237 e. The molecule has 1 aliphatic heterocycles. The van der Waals surface area contributed by atoms with Crippen LogP contribution in [0.25, 0.3) is 0 Å². The van der Waals surface area contributed by atoms with Gasteiger partial charge in [0, 0.05) is 0 Å². The SMILES string of the molecule is C#CCN1CCC[C@H]1C(=O)NC(CC)C(O)C(C)C. The lowest BCUT2D eigenvalue weighted by Crippen LogP contribution is -2.51. The average Bonchev–Trinajstić information content (AvgIpc) is 2.83. The molecule has 4 nitrogen and oxygen atoms in total. The van der Waals surface area contributed by atoms with Crippen molar-refractivity contribution in [2.24, 2.45) is 5.92 Å². The van der Waals surface area contributed by atoms with Gasteiger partial charge in [0.25, 0.3) is 0 Å². The molecule has 0 bridgehead atoms. The number of nitrogens with zero attached hydrogens (tertiary/aromatic N) is 1. The Morgan fingerprint density at radius 2 is 2.26 bits per heavy atom. The van der Waals surface area contributed by atoms with E-state index >= 15 is 0 Å². The molecule has 108 valence electrons. The third kappa shape index (κ3) is 4.22. The molecule has 1 amide bonds. The predicted molar refractivity (Wildman–Crippen MR) is 76.5 cm³/mol. The van der Waals surface area contributed by atoms with Crippen LogP contribution in [0, 0.1) is 18.3 Å². The molecule has 1 saturated heterocycles. The van der Waals surface area contributed by atoms with E-state index in [0.717, 1.165) is 25.8 Å². The maximum atomic E-state index is 12.3. The zero-order valence-electron chi connectivity index (χ0n) is 12.2. The zero-order valence-corrected chi connectivity index (χ0v) is 12.2. The Morgan fingerprint density at radius 1 is 1.58 bits per heavy atom. The summed E-state index contributed by atoms with van der Waals surface area (Å²) < 4.78 is 0. The minimum atomic E-state index is -0.503. The fraction of sp³-hybridized carbons (Fsp3) is 0.800. The minimum Gasteiger partial charge on any atom is -0.391 e. The summed E-state index contributed by atoms with van der Waals surface area (Å²) in [6, 6.07) is -0.315. The number of rotatable bonds is 6. The third-order valence-electron chi connectivity index (χ3n) is 3.82. The number of terminal acetylenes is 1. The molecule has 2 unspecified atom stereocenters. The van der Waals surface area contributed by atoms with Gasteiger partial charge in [-0.05, 0) is 31.7 Å². The summed E-state index contributed by atoms with van der Waals surface area (Å²) in [5, 5.41) is 13.1. The molecule has 2 N–H and O–H groups in total. The average molecular weight is 266 g/mol. The van der Waals surface area contributed by atoms with Crippen molar-refractivity contribution in [3.63, 3.8) is 0 Å². The molecule has 1 heterocycles. The van der Waals surface area contributed by atoms with Gasteiger partial charge in [-0.1, -0.05) is 26.7 Å². The smallest absolute Gasteiger partial charge is 0.237 e. The highest BCUT2D eigenvalue weighted by Crippen LogP contribution is 2.18. The molecule has 3 atom stereocenters. The fourth-order valence-electron chi connectivity index (χ4n) is 2.60. The van der Waals surface area contributed by atoms with Gasteiger partial charge in [0.15, 0.2) is 0 Å². The summed E-state index contributed by atoms with van der Waals surface area (Å²) in [6.07, 6.45) is 7.40. The van der Waals surface area contributed by atoms with Gasteiger partial charge in [-0.15, -0.1) is 6.42 Å². The van der Waals surface area contributed by atoms with Crippen molar-refractivity contribution in [2.75, 3.05) is 13.1 Å². The lowest BCUT2D eigenvalue weighted by Gasteiger charge is -2.29. The first-order chi connectivity index (χ1) is 9.01. The van der Waals surface area contributed by atoms with Gasteiger partial charge in [-0.2, -0.15) is 0 Å². The van der Waals surface area contributed by atoms with Crippen LogP contribution in [0.1, 0.15) is 40.0 Å². The Morgan fingerprint density at radius 3 is 2.79 bits per heavy atom. The second-order valence-corrected chi connectivity index (χ2v) is 5.59.